The van der Waals surface area contributed by atoms with Crippen LogP contribution in [0, 0.1) is 10.1 Å². The number of esters is 1. The molecular weight excluding hydrogens is 406 g/mol. The van der Waals surface area contributed by atoms with E-state index in [-0.39, 0.29) is 17.3 Å². The summed E-state index contributed by atoms with van der Waals surface area (Å²) in [5.74, 6) is -0.585. The lowest BCUT2D eigenvalue weighted by atomic mass is 9.96. The highest BCUT2D eigenvalue weighted by atomic mass is 16.6. The number of hydrogen-bond acceptors (Lipinski definition) is 6. The van der Waals surface area contributed by atoms with Crippen molar-refractivity contribution in [3.05, 3.63) is 106 Å². The topological polar surface area (TPSA) is 75.9 Å². The Balaban J connectivity index is 1.57. The molecule has 0 amide bonds. The number of hydrogen-bond donors (Lipinski definition) is 0. The average Bonchev–Trinajstić information content (AvgIpc) is 2.85. The van der Waals surface area contributed by atoms with Crippen molar-refractivity contribution in [1.82, 2.24) is 4.90 Å². The predicted molar refractivity (Wildman–Crippen MR) is 123 cm³/mol. The zero-order valence-corrected chi connectivity index (χ0v) is 17.9. The molecule has 0 radical (unpaired) electrons. The first kappa shape index (κ1) is 21.5. The minimum Gasteiger partial charge on any atom is -0.465 e. The number of methoxy groups -OCH3 is 1. The molecule has 32 heavy (non-hydrogen) atoms. The molecule has 7 nitrogen and oxygen atoms in total. The van der Waals surface area contributed by atoms with E-state index < -0.39 is 10.9 Å². The van der Waals surface area contributed by atoms with Crippen LogP contribution >= 0.6 is 0 Å². The van der Waals surface area contributed by atoms with E-state index in [1.165, 1.54) is 24.3 Å². The zero-order chi connectivity index (χ0) is 22.5. The normalized spacial score (nSPS) is 14.4. The molecule has 0 aliphatic carbocycles. The van der Waals surface area contributed by atoms with E-state index in [9.17, 15) is 14.9 Å². The van der Waals surface area contributed by atoms with Crippen LogP contribution in [0.4, 0.5) is 11.4 Å². The van der Waals surface area contributed by atoms with Crippen LogP contribution in [-0.2, 0) is 4.74 Å². The van der Waals surface area contributed by atoms with Crippen molar-refractivity contribution in [1.29, 1.82) is 0 Å². The minimum absolute atomic E-state index is 0.0796. The Bertz CT molecular complexity index is 1040. The van der Waals surface area contributed by atoms with Crippen molar-refractivity contribution in [2.45, 2.75) is 6.04 Å². The number of rotatable bonds is 6. The maximum Gasteiger partial charge on any atom is 0.338 e. The fourth-order valence-corrected chi connectivity index (χ4v) is 4.29. The van der Waals surface area contributed by atoms with Crippen LogP contribution in [0.3, 0.4) is 0 Å². The monoisotopic (exact) mass is 431 g/mol. The van der Waals surface area contributed by atoms with Gasteiger partial charge >= 0.3 is 5.97 Å². The number of nitro benzene ring substituents is 1. The molecule has 3 aromatic rings. The van der Waals surface area contributed by atoms with Gasteiger partial charge in [-0.1, -0.05) is 60.7 Å². The van der Waals surface area contributed by atoms with Crippen LogP contribution < -0.4 is 4.90 Å². The van der Waals surface area contributed by atoms with Crippen LogP contribution in [0.1, 0.15) is 27.5 Å². The summed E-state index contributed by atoms with van der Waals surface area (Å²) in [6, 6.07) is 25.4. The van der Waals surface area contributed by atoms with E-state index in [1.807, 2.05) is 41.3 Å². The van der Waals surface area contributed by atoms with Crippen molar-refractivity contribution in [3.63, 3.8) is 0 Å². The molecule has 7 heteroatoms. The van der Waals surface area contributed by atoms with Gasteiger partial charge in [-0.15, -0.1) is 0 Å². The molecule has 1 aliphatic rings. The predicted octanol–water partition coefficient (Wildman–Crippen LogP) is 4.29. The van der Waals surface area contributed by atoms with Gasteiger partial charge in [-0.2, -0.15) is 0 Å². The van der Waals surface area contributed by atoms with Gasteiger partial charge in [-0.25, -0.2) is 4.79 Å². The summed E-state index contributed by atoms with van der Waals surface area (Å²) >= 11 is 0. The van der Waals surface area contributed by atoms with Crippen LogP contribution in [-0.4, -0.2) is 49.1 Å². The molecule has 3 aromatic carbocycles. The van der Waals surface area contributed by atoms with Gasteiger partial charge in [0, 0.05) is 32.2 Å². The second-order valence-corrected chi connectivity index (χ2v) is 7.70. The third-order valence-corrected chi connectivity index (χ3v) is 5.84. The Morgan fingerprint density at radius 2 is 1.47 bits per heavy atom. The van der Waals surface area contributed by atoms with Crippen molar-refractivity contribution in [2.75, 3.05) is 38.2 Å². The Kier molecular flexibility index (Phi) is 6.47. The van der Waals surface area contributed by atoms with Gasteiger partial charge in [0.25, 0.3) is 5.69 Å². The van der Waals surface area contributed by atoms with E-state index in [2.05, 4.69) is 29.2 Å². The number of anilines is 1. The molecule has 1 heterocycles. The lowest BCUT2D eigenvalue weighted by Crippen LogP contribution is -2.48. The number of carbonyl (C=O) groups excluding carboxylic acids is 1. The highest BCUT2D eigenvalue weighted by Gasteiger charge is 2.29. The molecule has 0 atom stereocenters. The molecule has 0 N–H and O–H groups in total. The van der Waals surface area contributed by atoms with Gasteiger partial charge in [0.1, 0.15) is 5.69 Å². The second-order valence-electron chi connectivity index (χ2n) is 7.70. The number of carbonyl (C=O) groups is 1. The molecule has 0 saturated carbocycles. The highest BCUT2D eigenvalue weighted by Crippen LogP contribution is 2.33. The van der Waals surface area contributed by atoms with Crippen LogP contribution in [0.2, 0.25) is 0 Å². The fourth-order valence-electron chi connectivity index (χ4n) is 4.29. The number of benzene rings is 3. The summed E-state index contributed by atoms with van der Waals surface area (Å²) in [6.45, 7) is 2.80. The van der Waals surface area contributed by atoms with E-state index in [1.54, 1.807) is 12.1 Å². The highest BCUT2D eigenvalue weighted by molar-refractivity contribution is 5.91. The third kappa shape index (κ3) is 4.48. The maximum atomic E-state index is 11.8. The van der Waals surface area contributed by atoms with E-state index in [0.29, 0.717) is 18.8 Å². The summed E-state index contributed by atoms with van der Waals surface area (Å²) in [7, 11) is 1.26. The van der Waals surface area contributed by atoms with Gasteiger partial charge in [-0.3, -0.25) is 15.0 Å². The van der Waals surface area contributed by atoms with Crippen LogP contribution in [0.5, 0.6) is 0 Å². The smallest absolute Gasteiger partial charge is 0.338 e. The summed E-state index contributed by atoms with van der Waals surface area (Å²) in [5, 5.41) is 11.7. The molecule has 0 aromatic heterocycles. The molecule has 164 valence electrons. The van der Waals surface area contributed by atoms with Gasteiger partial charge < -0.3 is 9.64 Å². The van der Waals surface area contributed by atoms with Gasteiger partial charge in [-0.05, 0) is 23.3 Å². The third-order valence-electron chi connectivity index (χ3n) is 5.84. The Hall–Kier alpha value is -3.71. The summed E-state index contributed by atoms with van der Waals surface area (Å²) in [6.07, 6.45) is 0. The average molecular weight is 431 g/mol. The summed E-state index contributed by atoms with van der Waals surface area (Å²) in [4.78, 5) is 27.5. The molecular formula is C25H25N3O4. The molecule has 1 aliphatic heterocycles. The van der Waals surface area contributed by atoms with Crippen molar-refractivity contribution in [2.24, 2.45) is 0 Å². The number of nitrogens with zero attached hydrogens (tertiary/aromatic N) is 3. The van der Waals surface area contributed by atoms with Crippen LogP contribution in [0.25, 0.3) is 0 Å². The van der Waals surface area contributed by atoms with Crippen molar-refractivity contribution in [3.8, 4) is 0 Å². The van der Waals surface area contributed by atoms with Gasteiger partial charge in [0.15, 0.2) is 0 Å². The van der Waals surface area contributed by atoms with Gasteiger partial charge in [0.2, 0.25) is 0 Å². The lowest BCUT2D eigenvalue weighted by Gasteiger charge is -2.40. The van der Waals surface area contributed by atoms with Crippen molar-refractivity contribution >= 4 is 17.3 Å². The molecule has 1 fully saturated rings. The lowest BCUT2D eigenvalue weighted by molar-refractivity contribution is -0.384. The van der Waals surface area contributed by atoms with Gasteiger partial charge in [0.05, 0.1) is 23.6 Å². The maximum absolute atomic E-state index is 11.8. The molecule has 0 bridgehead atoms. The number of piperazine rings is 1. The largest absolute Gasteiger partial charge is 0.465 e. The molecule has 1 saturated heterocycles. The Morgan fingerprint density at radius 1 is 0.906 bits per heavy atom. The quantitative estimate of drug-likeness (QED) is 0.329. The second kappa shape index (κ2) is 9.62. The minimum atomic E-state index is -0.585. The fraction of sp³-hybridized carbons (Fsp3) is 0.240. The summed E-state index contributed by atoms with van der Waals surface area (Å²) < 4.78 is 4.70. The SMILES string of the molecule is COC(=O)c1ccc(N2CCN(C(c3ccccc3)c3ccccc3)CC2)c([N+](=O)[O-])c1. The first-order chi connectivity index (χ1) is 15.6. The molecule has 4 rings (SSSR count). The first-order valence-corrected chi connectivity index (χ1v) is 10.5. The zero-order valence-electron chi connectivity index (χ0n) is 17.9. The Morgan fingerprint density at radius 3 is 1.97 bits per heavy atom. The molecule has 0 unspecified atom stereocenters. The summed E-state index contributed by atoms with van der Waals surface area (Å²) in [5.41, 5.74) is 3.07. The van der Waals surface area contributed by atoms with Crippen molar-refractivity contribution < 1.29 is 14.5 Å². The van der Waals surface area contributed by atoms with E-state index in [0.717, 1.165) is 13.1 Å². The van der Waals surface area contributed by atoms with E-state index >= 15 is 0 Å². The van der Waals surface area contributed by atoms with E-state index in [4.69, 9.17) is 4.74 Å². The number of ether oxygens (including phenoxy) is 1. The number of nitro groups is 1. The molecule has 0 spiro atoms. The standard InChI is InChI=1S/C25H25N3O4/c1-32-25(29)21-12-13-22(23(18-21)28(30)31)26-14-16-27(17-15-26)24(19-8-4-2-5-9-19)20-10-6-3-7-11-20/h2-13,18,24H,14-17H2,1H3. The van der Waals surface area contributed by atoms with Crippen LogP contribution in [0.15, 0.2) is 78.9 Å². The first-order valence-electron chi connectivity index (χ1n) is 10.5. The Labute approximate surface area is 187 Å².